The number of amides is 1. The first-order chi connectivity index (χ1) is 16.2. The van der Waals surface area contributed by atoms with E-state index >= 15 is 0 Å². The number of hydrogen-bond donors (Lipinski definition) is 1. The first-order valence-electron chi connectivity index (χ1n) is 12.4. The van der Waals surface area contributed by atoms with Crippen LogP contribution in [-0.4, -0.2) is 67.8 Å². The van der Waals surface area contributed by atoms with Gasteiger partial charge in [-0.15, -0.1) is 0 Å². The van der Waals surface area contributed by atoms with Crippen LogP contribution in [0.15, 0.2) is 11.1 Å². The number of epoxide rings is 2. The lowest BCUT2D eigenvalue weighted by Crippen LogP contribution is -2.66. The van der Waals surface area contributed by atoms with Crippen molar-refractivity contribution in [2.75, 3.05) is 20.3 Å². The van der Waals surface area contributed by atoms with Gasteiger partial charge in [-0.05, 0) is 54.4 Å². The molecule has 4 aliphatic carbocycles. The average molecular weight is 474 g/mol. The molecule has 9 heteroatoms. The third-order valence-corrected chi connectivity index (χ3v) is 10.6. The number of fused-ring (bicyclic) bond motifs is 4. The molecule has 1 amide bonds. The van der Waals surface area contributed by atoms with Gasteiger partial charge in [0.1, 0.15) is 24.4 Å². The number of nitrogens with one attached hydrogen (secondary N) is 1. The third kappa shape index (κ3) is 2.10. The van der Waals surface area contributed by atoms with Crippen LogP contribution < -0.4 is 5.32 Å². The molecule has 0 aromatic heterocycles. The number of cyclic esters (lactones) is 1. The molecule has 9 atom stereocenters. The molecule has 0 bridgehead atoms. The molecule has 3 heterocycles. The van der Waals surface area contributed by atoms with Gasteiger partial charge in [-0.2, -0.15) is 0 Å². The largest absolute Gasteiger partial charge is 0.468 e. The highest BCUT2D eigenvalue weighted by Crippen LogP contribution is 2.90. The van der Waals surface area contributed by atoms with E-state index in [4.69, 9.17) is 18.9 Å². The maximum Gasteiger partial charge on any atom is 0.408 e. The molecule has 0 radical (unpaired) electrons. The molecule has 184 valence electrons. The van der Waals surface area contributed by atoms with E-state index in [2.05, 4.69) is 30.8 Å². The van der Waals surface area contributed by atoms with Crippen LogP contribution in [0.25, 0.3) is 0 Å². The summed E-state index contributed by atoms with van der Waals surface area (Å²) in [5.41, 5.74) is 0.616. The quantitative estimate of drug-likeness (QED) is 0.374. The first kappa shape index (κ1) is 21.2. The second-order valence-corrected chi connectivity index (χ2v) is 11.7. The van der Waals surface area contributed by atoms with Crippen molar-refractivity contribution in [3.63, 3.8) is 0 Å². The summed E-state index contributed by atoms with van der Waals surface area (Å²) in [5.74, 6) is 0.0239. The van der Waals surface area contributed by atoms with Crippen LogP contribution in [-0.2, 0) is 33.3 Å². The SMILES string of the molecule is COC(=O)CNC(=O)O[C@@H]1[C@@]2(C(C)C)O[C@H]2[C@@H]2C[C@]23[C@]12O[C@H]2C[C@H]1C2=C(CC[C@@]13C)C(=O)OC2. The number of alkyl carbamates (subject to hydrolysis) is 1. The molecule has 5 fully saturated rings. The van der Waals surface area contributed by atoms with Gasteiger partial charge in [-0.25, -0.2) is 9.59 Å². The highest BCUT2D eigenvalue weighted by molar-refractivity contribution is 5.92. The molecule has 0 unspecified atom stereocenters. The second-order valence-electron chi connectivity index (χ2n) is 11.7. The van der Waals surface area contributed by atoms with Crippen molar-refractivity contribution in [3.8, 4) is 0 Å². The summed E-state index contributed by atoms with van der Waals surface area (Å²) in [6.45, 7) is 6.71. The molecule has 0 aromatic carbocycles. The van der Waals surface area contributed by atoms with E-state index in [0.29, 0.717) is 12.5 Å². The number of esters is 2. The molecule has 3 saturated carbocycles. The van der Waals surface area contributed by atoms with E-state index < -0.39 is 29.4 Å². The number of carbonyl (C=O) groups is 3. The number of hydrogen-bond acceptors (Lipinski definition) is 8. The minimum atomic E-state index is -0.654. The normalized spacial score (nSPS) is 50.5. The Morgan fingerprint density at radius 2 is 2.06 bits per heavy atom. The fourth-order valence-electron chi connectivity index (χ4n) is 9.04. The van der Waals surface area contributed by atoms with Crippen LogP contribution in [0.1, 0.15) is 46.5 Å². The van der Waals surface area contributed by atoms with Crippen LogP contribution in [0.4, 0.5) is 4.79 Å². The zero-order chi connectivity index (χ0) is 23.8. The highest BCUT2D eigenvalue weighted by atomic mass is 16.7. The molecule has 9 nitrogen and oxygen atoms in total. The monoisotopic (exact) mass is 473 g/mol. The van der Waals surface area contributed by atoms with Gasteiger partial charge < -0.3 is 29.0 Å². The summed E-state index contributed by atoms with van der Waals surface area (Å²) in [5, 5.41) is 2.53. The molecule has 0 aromatic rings. The summed E-state index contributed by atoms with van der Waals surface area (Å²) in [6, 6.07) is 0. The summed E-state index contributed by atoms with van der Waals surface area (Å²) in [7, 11) is 1.28. The van der Waals surface area contributed by atoms with Crippen molar-refractivity contribution in [2.45, 2.75) is 76.0 Å². The predicted molar refractivity (Wildman–Crippen MR) is 114 cm³/mol. The molecular formula is C25H31NO8. The molecular weight excluding hydrogens is 442 g/mol. The van der Waals surface area contributed by atoms with Crippen molar-refractivity contribution in [3.05, 3.63) is 11.1 Å². The molecule has 7 aliphatic rings. The Kier molecular flexibility index (Phi) is 3.84. The van der Waals surface area contributed by atoms with Crippen molar-refractivity contribution in [1.29, 1.82) is 0 Å². The molecule has 3 aliphatic heterocycles. The lowest BCUT2D eigenvalue weighted by atomic mass is 9.45. The lowest BCUT2D eigenvalue weighted by Gasteiger charge is -2.56. The van der Waals surface area contributed by atoms with Crippen LogP contribution in [0, 0.1) is 28.6 Å². The molecule has 2 saturated heterocycles. The van der Waals surface area contributed by atoms with Crippen molar-refractivity contribution in [1.82, 2.24) is 5.32 Å². The first-order valence-corrected chi connectivity index (χ1v) is 12.4. The number of rotatable bonds is 4. The summed E-state index contributed by atoms with van der Waals surface area (Å²) in [4.78, 5) is 36.7. The van der Waals surface area contributed by atoms with Gasteiger partial charge >= 0.3 is 18.0 Å². The zero-order valence-electron chi connectivity index (χ0n) is 20.0. The van der Waals surface area contributed by atoms with Crippen LogP contribution in [0.2, 0.25) is 0 Å². The van der Waals surface area contributed by atoms with E-state index in [-0.39, 0.29) is 47.4 Å². The number of carbonyl (C=O) groups excluding carboxylic acids is 3. The van der Waals surface area contributed by atoms with E-state index in [0.717, 1.165) is 36.8 Å². The Balaban J connectivity index is 1.27. The number of methoxy groups -OCH3 is 1. The van der Waals surface area contributed by atoms with Gasteiger partial charge in [0, 0.05) is 11.0 Å². The Morgan fingerprint density at radius 3 is 2.79 bits per heavy atom. The van der Waals surface area contributed by atoms with Crippen LogP contribution >= 0.6 is 0 Å². The maximum atomic E-state index is 12.8. The van der Waals surface area contributed by atoms with E-state index in [9.17, 15) is 14.4 Å². The molecule has 34 heavy (non-hydrogen) atoms. The lowest BCUT2D eigenvalue weighted by molar-refractivity contribution is -0.139. The molecule has 7 rings (SSSR count). The smallest absolute Gasteiger partial charge is 0.408 e. The molecule has 1 N–H and O–H groups in total. The summed E-state index contributed by atoms with van der Waals surface area (Å²) < 4.78 is 29.3. The van der Waals surface area contributed by atoms with Gasteiger partial charge in [0.25, 0.3) is 0 Å². The highest BCUT2D eigenvalue weighted by Gasteiger charge is 2.99. The average Bonchev–Trinajstić information content (AvgIpc) is 3.70. The van der Waals surface area contributed by atoms with E-state index in [1.54, 1.807) is 0 Å². The Labute approximate surface area is 197 Å². The second kappa shape index (κ2) is 6.16. The number of ether oxygens (including phenoxy) is 5. The van der Waals surface area contributed by atoms with Crippen molar-refractivity contribution >= 4 is 18.0 Å². The van der Waals surface area contributed by atoms with Gasteiger partial charge in [-0.1, -0.05) is 20.8 Å². The minimum absolute atomic E-state index is 0.0220. The van der Waals surface area contributed by atoms with Crippen LogP contribution in [0.3, 0.4) is 0 Å². The Bertz CT molecular complexity index is 1070. The Hall–Kier alpha value is -2.13. The summed E-state index contributed by atoms with van der Waals surface area (Å²) in [6.07, 6.45) is 2.15. The Morgan fingerprint density at radius 1 is 1.26 bits per heavy atom. The van der Waals surface area contributed by atoms with Gasteiger partial charge in [0.05, 0.1) is 19.3 Å². The third-order valence-electron chi connectivity index (χ3n) is 10.6. The van der Waals surface area contributed by atoms with E-state index in [1.165, 1.54) is 7.11 Å². The zero-order valence-corrected chi connectivity index (χ0v) is 20.0. The fraction of sp³-hybridized carbons (Fsp3) is 0.800. The van der Waals surface area contributed by atoms with Gasteiger partial charge in [0.2, 0.25) is 0 Å². The van der Waals surface area contributed by atoms with Crippen LogP contribution in [0.5, 0.6) is 0 Å². The standard InChI is InChI=1S/C25H31NO8/c1-11(2)24-18(34-24)15-8-23(15)22(3)6-5-12-13(10-31-19(12)28)14(22)7-16-25(23,33-16)20(24)32-21(29)26-9-17(27)30-4/h11,14-16,18,20H,5-10H2,1-4H3,(H,26,29)/t14-,15-,16-,18-,20+,22-,23-,24-,25+/m0/s1. The van der Waals surface area contributed by atoms with Gasteiger partial charge in [-0.3, -0.25) is 4.79 Å². The van der Waals surface area contributed by atoms with Crippen molar-refractivity contribution < 1.29 is 38.1 Å². The summed E-state index contributed by atoms with van der Waals surface area (Å²) >= 11 is 0. The van der Waals surface area contributed by atoms with E-state index in [1.807, 2.05) is 0 Å². The molecule has 2 spiro atoms. The van der Waals surface area contributed by atoms with Crippen molar-refractivity contribution in [2.24, 2.45) is 28.6 Å². The topological polar surface area (TPSA) is 116 Å². The maximum absolute atomic E-state index is 12.8. The van der Waals surface area contributed by atoms with Gasteiger partial charge in [0.15, 0.2) is 6.10 Å². The predicted octanol–water partition coefficient (Wildman–Crippen LogP) is 1.88. The minimum Gasteiger partial charge on any atom is -0.468 e. The fourth-order valence-corrected chi connectivity index (χ4v) is 9.04.